The van der Waals surface area contributed by atoms with Gasteiger partial charge >= 0.3 is 0 Å². The highest BCUT2D eigenvalue weighted by Gasteiger charge is 2.33. The van der Waals surface area contributed by atoms with Crippen molar-refractivity contribution in [3.05, 3.63) is 65.5 Å². The zero-order valence-electron chi connectivity index (χ0n) is 27.6. The number of unbranched alkanes of at least 4 members (excludes halogenated alkanes) is 2. The zero-order valence-corrected chi connectivity index (χ0v) is 29.2. The highest BCUT2D eigenvalue weighted by Crippen LogP contribution is 2.30. The Balaban J connectivity index is 1.39. The highest BCUT2D eigenvalue weighted by atomic mass is 32.2. The number of nitrogens with one attached hydrogen (secondary N) is 2. The Bertz CT molecular complexity index is 1670. The fourth-order valence-corrected chi connectivity index (χ4v) is 7.82. The number of carbonyl (C=O) groups excluding carboxylic acids is 3. The van der Waals surface area contributed by atoms with Crippen molar-refractivity contribution >= 4 is 56.1 Å². The number of aliphatic hydroxyl groups is 1. The lowest BCUT2D eigenvalue weighted by molar-refractivity contribution is -0.134. The molecule has 12 nitrogen and oxygen atoms in total. The lowest BCUT2D eigenvalue weighted by Gasteiger charge is -2.33. The van der Waals surface area contributed by atoms with Crippen LogP contribution < -0.4 is 21.1 Å². The smallest absolute Gasteiger partial charge is 0.252 e. The highest BCUT2D eigenvalue weighted by molar-refractivity contribution is 7.91. The average molecular weight is 700 g/mol. The molecule has 48 heavy (non-hydrogen) atoms. The normalized spacial score (nSPS) is 17.4. The number of hydrogen-bond donors (Lipinski definition) is 4. The van der Waals surface area contributed by atoms with Crippen LogP contribution in [0.3, 0.4) is 0 Å². The topological polar surface area (TPSA) is 171 Å². The molecule has 0 bridgehead atoms. The van der Waals surface area contributed by atoms with Crippen molar-refractivity contribution in [1.82, 2.24) is 9.21 Å². The number of para-hydroxylation sites is 2. The second kappa shape index (κ2) is 16.9. The van der Waals surface area contributed by atoms with Gasteiger partial charge < -0.3 is 31.1 Å². The number of sulfonamides is 1. The van der Waals surface area contributed by atoms with Gasteiger partial charge in [0.05, 0.1) is 37.0 Å². The summed E-state index contributed by atoms with van der Waals surface area (Å²) < 4.78 is 34.3. The number of hydrogen-bond acceptors (Lipinski definition) is 9. The maximum absolute atomic E-state index is 13.5. The summed E-state index contributed by atoms with van der Waals surface area (Å²) >= 11 is 1.14. The van der Waals surface area contributed by atoms with Crippen molar-refractivity contribution in [3.63, 3.8) is 0 Å². The van der Waals surface area contributed by atoms with Crippen molar-refractivity contribution in [2.75, 3.05) is 43.1 Å². The molecule has 260 valence electrons. The van der Waals surface area contributed by atoms with E-state index in [0.29, 0.717) is 54.1 Å². The first kappa shape index (κ1) is 36.8. The van der Waals surface area contributed by atoms with Crippen LogP contribution >= 0.6 is 11.3 Å². The maximum atomic E-state index is 13.5. The first-order chi connectivity index (χ1) is 22.9. The summed E-state index contributed by atoms with van der Waals surface area (Å²) in [6, 6.07) is 14.9. The second-order valence-electron chi connectivity index (χ2n) is 12.2. The summed E-state index contributed by atoms with van der Waals surface area (Å²) in [7, 11) is -2.24. The zero-order chi connectivity index (χ0) is 34.8. The van der Waals surface area contributed by atoms with Crippen LogP contribution in [0.4, 0.5) is 17.1 Å². The van der Waals surface area contributed by atoms with Crippen LogP contribution in [-0.2, 0) is 30.8 Å². The van der Waals surface area contributed by atoms with Crippen LogP contribution in [0.1, 0.15) is 51.5 Å². The number of amides is 3. The fraction of sp³-hybridized carbons (Fsp3) is 0.441. The minimum absolute atomic E-state index is 0.0249. The molecule has 0 spiro atoms. The third-order valence-corrected chi connectivity index (χ3v) is 11.5. The first-order valence-corrected chi connectivity index (χ1v) is 18.3. The number of thiophene rings is 1. The molecule has 0 aliphatic carbocycles. The quantitative estimate of drug-likeness (QED) is 0.142. The number of nitrogens with two attached hydrogens (primary N) is 1. The predicted molar refractivity (Wildman–Crippen MR) is 187 cm³/mol. The van der Waals surface area contributed by atoms with E-state index in [2.05, 4.69) is 10.6 Å². The van der Waals surface area contributed by atoms with Gasteiger partial charge in [0.2, 0.25) is 17.7 Å². The van der Waals surface area contributed by atoms with E-state index >= 15 is 0 Å². The van der Waals surface area contributed by atoms with E-state index in [1.165, 1.54) is 11.4 Å². The Morgan fingerprint density at radius 2 is 1.79 bits per heavy atom. The van der Waals surface area contributed by atoms with Gasteiger partial charge in [-0.25, -0.2) is 8.42 Å². The molecule has 1 aliphatic rings. The third kappa shape index (κ3) is 9.78. The predicted octanol–water partition coefficient (Wildman–Crippen LogP) is 4.33. The van der Waals surface area contributed by atoms with Gasteiger partial charge in [0.15, 0.2) is 0 Å². The number of benzene rings is 2. The van der Waals surface area contributed by atoms with Crippen LogP contribution in [0.25, 0.3) is 0 Å². The van der Waals surface area contributed by atoms with Gasteiger partial charge in [-0.15, -0.1) is 11.3 Å². The molecular formula is C34H45N5O7S2. The number of anilines is 3. The van der Waals surface area contributed by atoms with E-state index in [0.717, 1.165) is 11.3 Å². The maximum Gasteiger partial charge on any atom is 0.252 e. The fourth-order valence-electron chi connectivity index (χ4n) is 5.44. The molecule has 0 fully saturated rings. The Hall–Kier alpha value is -3.98. The molecule has 14 heteroatoms. The number of nitrogens with zero attached hydrogens (tertiary/aromatic N) is 2. The molecule has 2 heterocycles. The van der Waals surface area contributed by atoms with Crippen molar-refractivity contribution < 1.29 is 32.6 Å². The number of ether oxygens (including phenoxy) is 1. The van der Waals surface area contributed by atoms with E-state index in [1.807, 2.05) is 6.92 Å². The van der Waals surface area contributed by atoms with E-state index in [1.54, 1.807) is 71.8 Å². The van der Waals surface area contributed by atoms with Gasteiger partial charge in [-0.1, -0.05) is 31.5 Å². The summed E-state index contributed by atoms with van der Waals surface area (Å²) in [5.41, 5.74) is 8.00. The molecule has 0 radical (unpaired) electrons. The number of fused-ring (bicyclic) bond motifs is 1. The summed E-state index contributed by atoms with van der Waals surface area (Å²) in [6.45, 7) is 3.72. The van der Waals surface area contributed by atoms with Crippen LogP contribution in [0, 0.1) is 5.92 Å². The molecule has 3 atom stereocenters. The SMILES string of the molecule is C[C@H](CO)N1C[C@H](C)[C@@H](CN(C)S(=O)(=O)c2cccs2)Oc2ccc(NC(=O)CCCCCC(=O)Nc3ccccc3N)cc2CC1=O. The van der Waals surface area contributed by atoms with E-state index in [-0.39, 0.29) is 60.4 Å². The summed E-state index contributed by atoms with van der Waals surface area (Å²) in [4.78, 5) is 40.1. The summed E-state index contributed by atoms with van der Waals surface area (Å²) in [5.74, 6) is -0.402. The standard InChI is InChI=1S/C34H45N5O7S2/c1-23-20-39(24(2)22-40)33(43)19-25-18-26(15-16-29(25)46-30(23)21-38(3)48(44,45)34-14-9-17-47-34)36-31(41)12-5-4-6-13-32(42)37-28-11-8-7-10-27(28)35/h7-11,14-18,23-24,30,40H,4-6,12-13,19-22,35H2,1-3H3,(H,36,41)(H,37,42)/t23-,24+,30+/m0/s1. The Labute approximate surface area is 286 Å². The monoisotopic (exact) mass is 699 g/mol. The Morgan fingerprint density at radius 1 is 1.08 bits per heavy atom. The van der Waals surface area contributed by atoms with Crippen molar-refractivity contribution in [2.24, 2.45) is 5.92 Å². The second-order valence-corrected chi connectivity index (χ2v) is 15.4. The Morgan fingerprint density at radius 3 is 2.46 bits per heavy atom. The molecule has 4 rings (SSSR count). The number of carbonyl (C=O) groups is 3. The van der Waals surface area contributed by atoms with E-state index in [9.17, 15) is 27.9 Å². The van der Waals surface area contributed by atoms with Crippen LogP contribution in [0.15, 0.2) is 64.2 Å². The van der Waals surface area contributed by atoms with Crippen molar-refractivity contribution in [2.45, 2.75) is 68.7 Å². The van der Waals surface area contributed by atoms with Gasteiger partial charge in [-0.05, 0) is 61.5 Å². The van der Waals surface area contributed by atoms with Crippen molar-refractivity contribution in [3.8, 4) is 5.75 Å². The van der Waals surface area contributed by atoms with Gasteiger partial charge in [-0.3, -0.25) is 14.4 Å². The molecule has 3 aromatic rings. The largest absolute Gasteiger partial charge is 0.488 e. The third-order valence-electron chi connectivity index (χ3n) is 8.34. The number of rotatable bonds is 14. The lowest BCUT2D eigenvalue weighted by Crippen LogP contribution is -2.48. The molecule has 0 saturated heterocycles. The minimum Gasteiger partial charge on any atom is -0.488 e. The lowest BCUT2D eigenvalue weighted by atomic mass is 10.0. The van der Waals surface area contributed by atoms with Crippen LogP contribution in [-0.4, -0.2) is 79.3 Å². The van der Waals surface area contributed by atoms with Gasteiger partial charge in [0.1, 0.15) is 16.1 Å². The van der Waals surface area contributed by atoms with Crippen molar-refractivity contribution in [1.29, 1.82) is 0 Å². The molecule has 3 amide bonds. The number of likely N-dealkylation sites (N-methyl/N-ethyl adjacent to an activating group) is 1. The van der Waals surface area contributed by atoms with E-state index in [4.69, 9.17) is 10.5 Å². The summed E-state index contributed by atoms with van der Waals surface area (Å²) in [5, 5.41) is 17.3. The average Bonchev–Trinajstić information content (AvgIpc) is 3.61. The molecule has 2 aromatic carbocycles. The van der Waals surface area contributed by atoms with Gasteiger partial charge in [-0.2, -0.15) is 4.31 Å². The molecule has 0 saturated carbocycles. The van der Waals surface area contributed by atoms with Crippen LogP contribution in [0.2, 0.25) is 0 Å². The van der Waals surface area contributed by atoms with E-state index < -0.39 is 22.2 Å². The van der Waals surface area contributed by atoms with Gasteiger partial charge in [0.25, 0.3) is 10.0 Å². The number of nitrogen functional groups attached to an aromatic ring is 1. The first-order valence-electron chi connectivity index (χ1n) is 16.0. The van der Waals surface area contributed by atoms with Crippen LogP contribution in [0.5, 0.6) is 5.75 Å². The minimum atomic E-state index is -3.74. The summed E-state index contributed by atoms with van der Waals surface area (Å²) in [6.07, 6.45) is 1.83. The molecular weight excluding hydrogens is 655 g/mol. The molecule has 5 N–H and O–H groups in total. The van der Waals surface area contributed by atoms with Gasteiger partial charge in [0, 0.05) is 43.6 Å². The number of aliphatic hydroxyl groups excluding tert-OH is 1. The molecule has 1 aliphatic heterocycles. The molecule has 0 unspecified atom stereocenters. The molecule has 1 aromatic heterocycles. The Kier molecular flexibility index (Phi) is 13.0.